The lowest BCUT2D eigenvalue weighted by Gasteiger charge is -2.20. The number of para-hydroxylation sites is 2. The quantitative estimate of drug-likeness (QED) is 0.157. The second kappa shape index (κ2) is 13.7. The van der Waals surface area contributed by atoms with E-state index in [-0.39, 0.29) is 0 Å². The highest BCUT2D eigenvalue weighted by molar-refractivity contribution is 6.08. The summed E-state index contributed by atoms with van der Waals surface area (Å²) >= 11 is 0. The van der Waals surface area contributed by atoms with Crippen LogP contribution in [0.2, 0.25) is 0 Å². The first-order chi connectivity index (χ1) is 27.6. The standard InChI is InChI=1S/C51H40N4O/c1-4-56-51-43(35-14-6-5-7-15-35)30-37(33(2)3)31-44(51)36-24-22-34(23-25-36)38-28-39(54-45-18-10-8-16-41(45)49-47(54)20-12-26-52-49)32-40(29-38)55-46-19-11-9-17-42(46)50-48(55)21-13-27-53-50/h5-33H,4H2,1-3H3. The highest BCUT2D eigenvalue weighted by atomic mass is 16.5. The highest BCUT2D eigenvalue weighted by Crippen LogP contribution is 2.43. The SMILES string of the molecule is CCOc1c(-c2ccccc2)cc(C(C)C)cc1-c1ccc(-c2cc(-n3c4ccccc4c4ncccc43)cc(-n3c4ccccc4c4ncccc43)c2)cc1. The zero-order valence-electron chi connectivity index (χ0n) is 31.6. The second-order valence-corrected chi connectivity index (χ2v) is 14.7. The Kier molecular flexibility index (Phi) is 8.22. The third-order valence-electron chi connectivity index (χ3n) is 11.0. The van der Waals surface area contributed by atoms with Crippen molar-refractivity contribution in [3.63, 3.8) is 0 Å². The van der Waals surface area contributed by atoms with Gasteiger partial charge in [-0.2, -0.15) is 0 Å². The molecule has 0 amide bonds. The van der Waals surface area contributed by atoms with Gasteiger partial charge in [0.1, 0.15) is 5.75 Å². The summed E-state index contributed by atoms with van der Waals surface area (Å²) in [6.45, 7) is 7.14. The van der Waals surface area contributed by atoms with Crippen LogP contribution in [0.15, 0.2) is 170 Å². The summed E-state index contributed by atoms with van der Waals surface area (Å²) in [5.41, 5.74) is 16.5. The van der Waals surface area contributed by atoms with Crippen LogP contribution in [0.3, 0.4) is 0 Å². The van der Waals surface area contributed by atoms with Crippen LogP contribution in [0.5, 0.6) is 5.75 Å². The number of rotatable bonds is 8. The van der Waals surface area contributed by atoms with Crippen molar-refractivity contribution in [2.24, 2.45) is 0 Å². The minimum atomic E-state index is 0.361. The molecular formula is C51H40N4O. The van der Waals surface area contributed by atoms with Crippen molar-refractivity contribution < 1.29 is 4.74 Å². The molecule has 0 saturated heterocycles. The van der Waals surface area contributed by atoms with Crippen LogP contribution >= 0.6 is 0 Å². The number of fused-ring (bicyclic) bond motifs is 6. The summed E-state index contributed by atoms with van der Waals surface area (Å²) in [6.07, 6.45) is 3.76. The van der Waals surface area contributed by atoms with E-state index in [9.17, 15) is 0 Å². The lowest BCUT2D eigenvalue weighted by molar-refractivity contribution is 0.343. The molecular weight excluding hydrogens is 685 g/mol. The molecule has 0 radical (unpaired) electrons. The van der Waals surface area contributed by atoms with E-state index in [1.165, 1.54) is 5.56 Å². The topological polar surface area (TPSA) is 44.9 Å². The van der Waals surface area contributed by atoms with Crippen LogP contribution in [0, 0.1) is 0 Å². The van der Waals surface area contributed by atoms with E-state index in [0.29, 0.717) is 12.5 Å². The number of ether oxygens (including phenoxy) is 1. The van der Waals surface area contributed by atoms with Crippen LogP contribution in [0.1, 0.15) is 32.3 Å². The molecule has 4 heterocycles. The summed E-state index contributed by atoms with van der Waals surface area (Å²) in [4.78, 5) is 9.69. The number of hydrogen-bond donors (Lipinski definition) is 0. The highest BCUT2D eigenvalue weighted by Gasteiger charge is 2.20. The van der Waals surface area contributed by atoms with Gasteiger partial charge >= 0.3 is 0 Å². The Bertz CT molecular complexity index is 2830. The van der Waals surface area contributed by atoms with Crippen molar-refractivity contribution in [1.82, 2.24) is 19.1 Å². The predicted molar refractivity (Wildman–Crippen MR) is 232 cm³/mol. The van der Waals surface area contributed by atoms with Crippen LogP contribution in [0.4, 0.5) is 0 Å². The fourth-order valence-electron chi connectivity index (χ4n) is 8.32. The fraction of sp³-hybridized carbons (Fsp3) is 0.0980. The van der Waals surface area contributed by atoms with Crippen molar-refractivity contribution in [2.75, 3.05) is 6.61 Å². The van der Waals surface area contributed by atoms with Gasteiger partial charge in [0.15, 0.2) is 0 Å². The molecule has 0 aliphatic carbocycles. The third-order valence-corrected chi connectivity index (χ3v) is 11.0. The van der Waals surface area contributed by atoms with Gasteiger partial charge in [0, 0.05) is 45.7 Å². The number of benzene rings is 6. The van der Waals surface area contributed by atoms with Crippen molar-refractivity contribution in [3.8, 4) is 50.5 Å². The predicted octanol–water partition coefficient (Wildman–Crippen LogP) is 13.2. The molecule has 0 spiro atoms. The molecule has 0 saturated carbocycles. The lowest BCUT2D eigenvalue weighted by atomic mass is 9.90. The number of pyridine rings is 2. The summed E-state index contributed by atoms with van der Waals surface area (Å²) < 4.78 is 11.2. The monoisotopic (exact) mass is 724 g/mol. The Morgan fingerprint density at radius 1 is 0.482 bits per heavy atom. The zero-order chi connectivity index (χ0) is 37.8. The van der Waals surface area contributed by atoms with Gasteiger partial charge in [-0.1, -0.05) is 105 Å². The molecule has 5 nitrogen and oxygen atoms in total. The van der Waals surface area contributed by atoms with E-state index in [2.05, 4.69) is 175 Å². The Morgan fingerprint density at radius 2 is 0.964 bits per heavy atom. The Balaban J connectivity index is 1.19. The Morgan fingerprint density at radius 3 is 1.50 bits per heavy atom. The van der Waals surface area contributed by atoms with Crippen LogP contribution in [-0.2, 0) is 0 Å². The van der Waals surface area contributed by atoms with Crippen LogP contribution < -0.4 is 4.74 Å². The molecule has 0 aliphatic rings. The van der Waals surface area contributed by atoms with Crippen molar-refractivity contribution in [3.05, 3.63) is 176 Å². The first-order valence-electron chi connectivity index (χ1n) is 19.4. The molecule has 10 aromatic rings. The van der Waals surface area contributed by atoms with E-state index >= 15 is 0 Å². The van der Waals surface area contributed by atoms with Crippen LogP contribution in [-0.4, -0.2) is 25.7 Å². The van der Waals surface area contributed by atoms with E-state index in [0.717, 1.165) is 94.4 Å². The molecule has 5 heteroatoms. The van der Waals surface area contributed by atoms with Gasteiger partial charge in [-0.25, -0.2) is 0 Å². The summed E-state index contributed by atoms with van der Waals surface area (Å²) in [5.74, 6) is 1.28. The van der Waals surface area contributed by atoms with Gasteiger partial charge in [0.05, 0.1) is 39.7 Å². The summed E-state index contributed by atoms with van der Waals surface area (Å²) in [5, 5.41) is 2.26. The minimum Gasteiger partial charge on any atom is -0.493 e. The van der Waals surface area contributed by atoms with Gasteiger partial charge in [-0.05, 0) is 107 Å². The number of hydrogen-bond acceptors (Lipinski definition) is 3. The van der Waals surface area contributed by atoms with Crippen molar-refractivity contribution >= 4 is 43.9 Å². The zero-order valence-corrected chi connectivity index (χ0v) is 31.6. The molecule has 270 valence electrons. The van der Waals surface area contributed by atoms with E-state index in [1.54, 1.807) is 0 Å². The van der Waals surface area contributed by atoms with Gasteiger partial charge in [0.25, 0.3) is 0 Å². The normalized spacial score (nSPS) is 11.7. The van der Waals surface area contributed by atoms with Gasteiger partial charge in [0.2, 0.25) is 0 Å². The Labute approximate surface area is 326 Å². The number of nitrogens with zero attached hydrogens (tertiary/aromatic N) is 4. The molecule has 4 aromatic heterocycles. The molecule has 56 heavy (non-hydrogen) atoms. The minimum absolute atomic E-state index is 0.361. The van der Waals surface area contributed by atoms with Crippen LogP contribution in [0.25, 0.3) is 88.6 Å². The third kappa shape index (κ3) is 5.54. The molecule has 0 unspecified atom stereocenters. The maximum atomic E-state index is 6.47. The van der Waals surface area contributed by atoms with Gasteiger partial charge in [-0.15, -0.1) is 0 Å². The first-order valence-corrected chi connectivity index (χ1v) is 19.4. The second-order valence-electron chi connectivity index (χ2n) is 14.7. The average molecular weight is 725 g/mol. The Hall–Kier alpha value is -6.98. The maximum Gasteiger partial charge on any atom is 0.134 e. The molecule has 0 atom stereocenters. The van der Waals surface area contributed by atoms with Gasteiger partial charge in [-0.3, -0.25) is 9.97 Å². The van der Waals surface area contributed by atoms with Crippen molar-refractivity contribution in [1.29, 1.82) is 0 Å². The first kappa shape index (κ1) is 33.6. The average Bonchev–Trinajstić information content (AvgIpc) is 3.77. The molecule has 0 aliphatic heterocycles. The van der Waals surface area contributed by atoms with E-state index in [4.69, 9.17) is 14.7 Å². The molecule has 0 fully saturated rings. The molecule has 0 bridgehead atoms. The summed E-state index contributed by atoms with van der Waals surface area (Å²) in [6, 6.07) is 56.5. The molecule has 10 rings (SSSR count). The van der Waals surface area contributed by atoms with E-state index < -0.39 is 0 Å². The smallest absolute Gasteiger partial charge is 0.134 e. The lowest BCUT2D eigenvalue weighted by Crippen LogP contribution is -2.01. The largest absolute Gasteiger partial charge is 0.493 e. The van der Waals surface area contributed by atoms with Crippen molar-refractivity contribution in [2.45, 2.75) is 26.7 Å². The maximum absolute atomic E-state index is 6.47. The fourth-order valence-corrected chi connectivity index (χ4v) is 8.32. The number of aromatic nitrogens is 4. The van der Waals surface area contributed by atoms with Gasteiger partial charge < -0.3 is 13.9 Å². The molecule has 6 aromatic carbocycles. The molecule has 0 N–H and O–H groups in total. The summed E-state index contributed by atoms with van der Waals surface area (Å²) in [7, 11) is 0. The van der Waals surface area contributed by atoms with E-state index in [1.807, 2.05) is 24.5 Å².